The van der Waals surface area contributed by atoms with Crippen molar-refractivity contribution in [3.05, 3.63) is 34.5 Å². The van der Waals surface area contributed by atoms with Crippen LogP contribution in [0.1, 0.15) is 32.1 Å². The van der Waals surface area contributed by atoms with Crippen molar-refractivity contribution in [2.24, 2.45) is 11.7 Å². The van der Waals surface area contributed by atoms with E-state index >= 15 is 0 Å². The van der Waals surface area contributed by atoms with Gasteiger partial charge in [-0.05, 0) is 36.6 Å². The standard InChI is InChI=1S/C13H16BrNO/c1-8(2)5-11(15)13-6-9-3-4-10(14)7-12(9)16-13/h3-4,6-8,11H,5,15H2,1-2H3. The first-order chi connectivity index (χ1) is 7.56. The Labute approximate surface area is 104 Å². The lowest BCUT2D eigenvalue weighted by Gasteiger charge is -2.10. The van der Waals surface area contributed by atoms with Crippen LogP contribution in [0, 0.1) is 5.92 Å². The fraction of sp³-hybridized carbons (Fsp3) is 0.385. The van der Waals surface area contributed by atoms with Crippen molar-refractivity contribution in [3.8, 4) is 0 Å². The van der Waals surface area contributed by atoms with Crippen LogP contribution in [-0.2, 0) is 0 Å². The summed E-state index contributed by atoms with van der Waals surface area (Å²) in [6.07, 6.45) is 0.945. The number of rotatable bonds is 3. The van der Waals surface area contributed by atoms with Crippen molar-refractivity contribution in [1.29, 1.82) is 0 Å². The van der Waals surface area contributed by atoms with E-state index < -0.39 is 0 Å². The van der Waals surface area contributed by atoms with Gasteiger partial charge >= 0.3 is 0 Å². The van der Waals surface area contributed by atoms with Crippen LogP contribution in [0.4, 0.5) is 0 Å². The van der Waals surface area contributed by atoms with Crippen molar-refractivity contribution in [2.45, 2.75) is 26.3 Å². The fourth-order valence-corrected chi connectivity index (χ4v) is 2.17. The van der Waals surface area contributed by atoms with Gasteiger partial charge in [0.25, 0.3) is 0 Å². The average Bonchev–Trinajstić information content (AvgIpc) is 2.59. The Morgan fingerprint density at radius 1 is 1.31 bits per heavy atom. The van der Waals surface area contributed by atoms with Crippen LogP contribution >= 0.6 is 15.9 Å². The van der Waals surface area contributed by atoms with Crippen LogP contribution in [0.3, 0.4) is 0 Å². The second-order valence-corrected chi connectivity index (χ2v) is 5.48. The highest BCUT2D eigenvalue weighted by Gasteiger charge is 2.13. The number of furan rings is 1. The van der Waals surface area contributed by atoms with Crippen LogP contribution in [0.2, 0.25) is 0 Å². The summed E-state index contributed by atoms with van der Waals surface area (Å²) in [5.74, 6) is 1.46. The van der Waals surface area contributed by atoms with Crippen molar-refractivity contribution >= 4 is 26.9 Å². The quantitative estimate of drug-likeness (QED) is 0.914. The number of halogens is 1. The highest BCUT2D eigenvalue weighted by Crippen LogP contribution is 2.28. The topological polar surface area (TPSA) is 39.2 Å². The van der Waals surface area contributed by atoms with Crippen molar-refractivity contribution in [3.63, 3.8) is 0 Å². The molecule has 1 heterocycles. The Bertz CT molecular complexity index is 490. The number of hydrogen-bond donors (Lipinski definition) is 1. The highest BCUT2D eigenvalue weighted by molar-refractivity contribution is 9.10. The van der Waals surface area contributed by atoms with E-state index in [1.165, 1.54) is 0 Å². The monoisotopic (exact) mass is 281 g/mol. The first-order valence-corrected chi connectivity index (χ1v) is 6.30. The van der Waals surface area contributed by atoms with Crippen LogP contribution < -0.4 is 5.73 Å². The molecule has 0 aliphatic carbocycles. The van der Waals surface area contributed by atoms with E-state index in [9.17, 15) is 0 Å². The lowest BCUT2D eigenvalue weighted by molar-refractivity contribution is 0.431. The molecule has 0 saturated heterocycles. The van der Waals surface area contributed by atoms with E-state index in [-0.39, 0.29) is 6.04 Å². The molecule has 0 aliphatic rings. The molecule has 0 fully saturated rings. The molecule has 16 heavy (non-hydrogen) atoms. The van der Waals surface area contributed by atoms with Gasteiger partial charge in [0.1, 0.15) is 11.3 Å². The molecule has 86 valence electrons. The summed E-state index contributed by atoms with van der Waals surface area (Å²) in [4.78, 5) is 0. The van der Waals surface area contributed by atoms with Gasteiger partial charge in [0, 0.05) is 9.86 Å². The lowest BCUT2D eigenvalue weighted by atomic mass is 10.0. The predicted octanol–water partition coefficient (Wildman–Crippen LogP) is 4.24. The average molecular weight is 282 g/mol. The van der Waals surface area contributed by atoms with Crippen LogP contribution in [0.5, 0.6) is 0 Å². The first-order valence-electron chi connectivity index (χ1n) is 5.51. The van der Waals surface area contributed by atoms with Gasteiger partial charge in [-0.3, -0.25) is 0 Å². The molecule has 1 atom stereocenters. The molecule has 0 aliphatic heterocycles. The van der Waals surface area contributed by atoms with E-state index in [2.05, 4.69) is 29.8 Å². The Kier molecular flexibility index (Phi) is 3.36. The SMILES string of the molecule is CC(C)CC(N)c1cc2ccc(Br)cc2o1. The summed E-state index contributed by atoms with van der Waals surface area (Å²) < 4.78 is 6.78. The molecule has 0 saturated carbocycles. The minimum atomic E-state index is -0.00817. The van der Waals surface area contributed by atoms with E-state index in [4.69, 9.17) is 10.2 Å². The molecule has 0 amide bonds. The van der Waals surface area contributed by atoms with Gasteiger partial charge in [-0.25, -0.2) is 0 Å². The Morgan fingerprint density at radius 3 is 2.75 bits per heavy atom. The molecule has 3 heteroatoms. The molecule has 1 aromatic heterocycles. The molecule has 1 unspecified atom stereocenters. The van der Waals surface area contributed by atoms with Crippen LogP contribution in [0.25, 0.3) is 11.0 Å². The van der Waals surface area contributed by atoms with E-state index in [1.807, 2.05) is 24.3 Å². The second kappa shape index (κ2) is 4.60. The summed E-state index contributed by atoms with van der Waals surface area (Å²) in [5, 5.41) is 1.11. The lowest BCUT2D eigenvalue weighted by Crippen LogP contribution is -2.11. The predicted molar refractivity (Wildman–Crippen MR) is 70.3 cm³/mol. The molecule has 0 radical (unpaired) electrons. The molecule has 0 spiro atoms. The Hall–Kier alpha value is -0.800. The van der Waals surface area contributed by atoms with Gasteiger partial charge in [-0.15, -0.1) is 0 Å². The Balaban J connectivity index is 2.32. The smallest absolute Gasteiger partial charge is 0.135 e. The van der Waals surface area contributed by atoms with Gasteiger partial charge in [-0.1, -0.05) is 29.8 Å². The molecule has 0 bridgehead atoms. The summed E-state index contributed by atoms with van der Waals surface area (Å²) in [6, 6.07) is 8.05. The van der Waals surface area contributed by atoms with Crippen molar-refractivity contribution < 1.29 is 4.42 Å². The van der Waals surface area contributed by atoms with E-state index in [1.54, 1.807) is 0 Å². The number of hydrogen-bond acceptors (Lipinski definition) is 2. The maximum absolute atomic E-state index is 6.09. The zero-order chi connectivity index (χ0) is 11.7. The van der Waals surface area contributed by atoms with E-state index in [0.717, 1.165) is 27.6 Å². The normalized spacial score (nSPS) is 13.6. The second-order valence-electron chi connectivity index (χ2n) is 4.57. The minimum Gasteiger partial charge on any atom is -0.459 e. The zero-order valence-corrected chi connectivity index (χ0v) is 11.1. The molecule has 2 rings (SSSR count). The third-order valence-electron chi connectivity index (χ3n) is 2.59. The van der Waals surface area contributed by atoms with Gasteiger partial charge in [-0.2, -0.15) is 0 Å². The number of benzene rings is 1. The summed E-state index contributed by atoms with van der Waals surface area (Å²) in [5.41, 5.74) is 6.98. The van der Waals surface area contributed by atoms with Gasteiger partial charge in [0.05, 0.1) is 6.04 Å². The van der Waals surface area contributed by atoms with Gasteiger partial charge in [0.2, 0.25) is 0 Å². The number of fused-ring (bicyclic) bond motifs is 1. The maximum Gasteiger partial charge on any atom is 0.135 e. The summed E-state index contributed by atoms with van der Waals surface area (Å²) in [7, 11) is 0. The largest absolute Gasteiger partial charge is 0.459 e. The zero-order valence-electron chi connectivity index (χ0n) is 9.53. The molecule has 2 nitrogen and oxygen atoms in total. The van der Waals surface area contributed by atoms with E-state index in [0.29, 0.717) is 5.92 Å². The molecular formula is C13H16BrNO. The first kappa shape index (κ1) is 11.7. The summed E-state index contributed by atoms with van der Waals surface area (Å²) in [6.45, 7) is 4.33. The van der Waals surface area contributed by atoms with Crippen LogP contribution in [-0.4, -0.2) is 0 Å². The van der Waals surface area contributed by atoms with Gasteiger partial charge in [0.15, 0.2) is 0 Å². The molecule has 1 aromatic carbocycles. The minimum absolute atomic E-state index is 0.00817. The van der Waals surface area contributed by atoms with Crippen molar-refractivity contribution in [1.82, 2.24) is 0 Å². The third-order valence-corrected chi connectivity index (χ3v) is 3.09. The maximum atomic E-state index is 6.09. The highest BCUT2D eigenvalue weighted by atomic mass is 79.9. The summed E-state index contributed by atoms with van der Waals surface area (Å²) >= 11 is 3.43. The molecular weight excluding hydrogens is 266 g/mol. The fourth-order valence-electron chi connectivity index (χ4n) is 1.83. The molecule has 2 aromatic rings. The molecule has 2 N–H and O–H groups in total. The Morgan fingerprint density at radius 2 is 2.06 bits per heavy atom. The van der Waals surface area contributed by atoms with Crippen LogP contribution in [0.15, 0.2) is 33.2 Å². The van der Waals surface area contributed by atoms with Gasteiger partial charge < -0.3 is 10.2 Å². The third kappa shape index (κ3) is 2.47. The number of nitrogens with two attached hydrogens (primary N) is 1. The van der Waals surface area contributed by atoms with Crippen molar-refractivity contribution in [2.75, 3.05) is 0 Å².